The predicted octanol–water partition coefficient (Wildman–Crippen LogP) is 3.31. The Labute approximate surface area is 140 Å². The molecule has 2 N–H and O–H groups in total. The second kappa shape index (κ2) is 7.59. The number of nitrogens with one attached hydrogen (secondary N) is 1. The fraction of sp³-hybridized carbons (Fsp3) is 0.278. The average Bonchev–Trinajstić information content (AvgIpc) is 2.54. The molecule has 0 radical (unpaired) electrons. The lowest BCUT2D eigenvalue weighted by atomic mass is 10.0. The smallest absolute Gasteiger partial charge is 0.310 e. The number of carbonyl (C=O) groups is 2. The van der Waals surface area contributed by atoms with Gasteiger partial charge in [-0.2, -0.15) is 0 Å². The summed E-state index contributed by atoms with van der Waals surface area (Å²) in [5.41, 5.74) is 1.43. The van der Waals surface area contributed by atoms with Crippen LogP contribution in [0.1, 0.15) is 42.7 Å². The molecular weight excluding hydrogens is 308 g/mol. The molecule has 0 saturated carbocycles. The van der Waals surface area contributed by atoms with Gasteiger partial charge in [0.25, 0.3) is 5.91 Å². The van der Waals surface area contributed by atoms with Gasteiger partial charge >= 0.3 is 5.97 Å². The molecule has 0 aliphatic rings. The van der Waals surface area contributed by atoms with Crippen molar-refractivity contribution in [2.24, 2.45) is 0 Å². The number of amides is 1. The maximum atomic E-state index is 12.4. The van der Waals surface area contributed by atoms with E-state index in [2.05, 4.69) is 10.3 Å². The van der Waals surface area contributed by atoms with E-state index in [9.17, 15) is 9.59 Å². The molecule has 0 saturated heterocycles. The van der Waals surface area contributed by atoms with Crippen LogP contribution < -0.4 is 10.1 Å². The van der Waals surface area contributed by atoms with Crippen molar-refractivity contribution in [1.82, 2.24) is 4.98 Å². The summed E-state index contributed by atoms with van der Waals surface area (Å²) >= 11 is 0. The van der Waals surface area contributed by atoms with Crippen molar-refractivity contribution in [3.05, 3.63) is 53.9 Å². The number of hydrogen-bond acceptors (Lipinski definition) is 4. The van der Waals surface area contributed by atoms with Crippen LogP contribution in [-0.2, 0) is 4.79 Å². The molecular formula is C18H20N2O4. The van der Waals surface area contributed by atoms with Crippen molar-refractivity contribution in [3.63, 3.8) is 0 Å². The fourth-order valence-electron chi connectivity index (χ4n) is 2.10. The third-order valence-electron chi connectivity index (χ3n) is 3.39. The Balaban J connectivity index is 2.14. The number of anilines is 1. The molecule has 1 heterocycles. The van der Waals surface area contributed by atoms with Gasteiger partial charge in [0.2, 0.25) is 0 Å². The summed E-state index contributed by atoms with van der Waals surface area (Å²) in [6, 6.07) is 10.1. The minimum Gasteiger partial charge on any atom is -0.489 e. The van der Waals surface area contributed by atoms with E-state index in [-0.39, 0.29) is 17.7 Å². The molecule has 6 nitrogen and oxygen atoms in total. The molecule has 2 aromatic rings. The molecule has 24 heavy (non-hydrogen) atoms. The minimum absolute atomic E-state index is 0.0717. The van der Waals surface area contributed by atoms with Gasteiger partial charge in [-0.25, -0.2) is 4.98 Å². The molecule has 1 aromatic heterocycles. The lowest BCUT2D eigenvalue weighted by Gasteiger charge is -2.13. The largest absolute Gasteiger partial charge is 0.489 e. The van der Waals surface area contributed by atoms with Gasteiger partial charge in [0, 0.05) is 11.9 Å². The molecule has 0 bridgehead atoms. The summed E-state index contributed by atoms with van der Waals surface area (Å²) in [7, 11) is 0. The van der Waals surface area contributed by atoms with Crippen LogP contribution in [-0.4, -0.2) is 28.1 Å². The number of carboxylic acid groups (broad SMARTS) is 1. The van der Waals surface area contributed by atoms with Crippen LogP contribution in [0.2, 0.25) is 0 Å². The summed E-state index contributed by atoms with van der Waals surface area (Å²) in [6.07, 6.45) is 1.46. The standard InChI is InChI=1S/C18H20N2O4/c1-11(2)24-15-5-4-10-19-16(15)17(21)20-14-8-6-13(7-9-14)12(3)18(22)23/h4-12H,1-3H3,(H,20,21)(H,22,23). The van der Waals surface area contributed by atoms with Gasteiger partial charge in [0.05, 0.1) is 12.0 Å². The SMILES string of the molecule is CC(C)Oc1cccnc1C(=O)Nc1ccc(C(C)C(=O)O)cc1. The van der Waals surface area contributed by atoms with Gasteiger partial charge in [0.1, 0.15) is 0 Å². The molecule has 1 amide bonds. The van der Waals surface area contributed by atoms with Crippen molar-refractivity contribution in [2.75, 3.05) is 5.32 Å². The zero-order valence-corrected chi connectivity index (χ0v) is 13.8. The van der Waals surface area contributed by atoms with E-state index >= 15 is 0 Å². The first-order valence-electron chi connectivity index (χ1n) is 7.64. The highest BCUT2D eigenvalue weighted by molar-refractivity contribution is 6.04. The van der Waals surface area contributed by atoms with Crippen LogP contribution in [0.15, 0.2) is 42.6 Å². The summed E-state index contributed by atoms with van der Waals surface area (Å²) < 4.78 is 5.59. The van der Waals surface area contributed by atoms with Crippen LogP contribution in [0.5, 0.6) is 5.75 Å². The monoisotopic (exact) mass is 328 g/mol. The number of aliphatic carboxylic acids is 1. The summed E-state index contributed by atoms with van der Waals surface area (Å²) in [6.45, 7) is 5.35. The summed E-state index contributed by atoms with van der Waals surface area (Å²) in [5, 5.41) is 11.7. The molecule has 1 unspecified atom stereocenters. The van der Waals surface area contributed by atoms with Crippen molar-refractivity contribution >= 4 is 17.6 Å². The van der Waals surface area contributed by atoms with Crippen molar-refractivity contribution in [3.8, 4) is 5.75 Å². The quantitative estimate of drug-likeness (QED) is 0.849. The molecule has 126 valence electrons. The highest BCUT2D eigenvalue weighted by atomic mass is 16.5. The third-order valence-corrected chi connectivity index (χ3v) is 3.39. The Morgan fingerprint density at radius 2 is 1.79 bits per heavy atom. The van der Waals surface area contributed by atoms with Crippen molar-refractivity contribution in [2.45, 2.75) is 32.8 Å². The molecule has 0 spiro atoms. The van der Waals surface area contributed by atoms with Crippen molar-refractivity contribution in [1.29, 1.82) is 0 Å². The first kappa shape index (κ1) is 17.5. The minimum atomic E-state index is -0.893. The number of rotatable bonds is 6. The lowest BCUT2D eigenvalue weighted by Crippen LogP contribution is -2.17. The Bertz CT molecular complexity index is 726. The van der Waals surface area contributed by atoms with Gasteiger partial charge in [-0.15, -0.1) is 0 Å². The number of benzene rings is 1. The number of nitrogens with zero attached hydrogens (tertiary/aromatic N) is 1. The first-order chi connectivity index (χ1) is 11.4. The van der Waals surface area contributed by atoms with Gasteiger partial charge in [-0.05, 0) is 50.6 Å². The number of hydrogen-bond donors (Lipinski definition) is 2. The first-order valence-corrected chi connectivity index (χ1v) is 7.64. The molecule has 2 rings (SSSR count). The van der Waals surface area contributed by atoms with Crippen LogP contribution in [0.3, 0.4) is 0 Å². The maximum Gasteiger partial charge on any atom is 0.310 e. The van der Waals surface area contributed by atoms with Crippen LogP contribution in [0, 0.1) is 0 Å². The zero-order chi connectivity index (χ0) is 17.7. The Hall–Kier alpha value is -2.89. The fourth-order valence-corrected chi connectivity index (χ4v) is 2.10. The topological polar surface area (TPSA) is 88.5 Å². The lowest BCUT2D eigenvalue weighted by molar-refractivity contribution is -0.138. The average molecular weight is 328 g/mol. The van der Waals surface area contributed by atoms with E-state index in [4.69, 9.17) is 9.84 Å². The second-order valence-corrected chi connectivity index (χ2v) is 5.65. The van der Waals surface area contributed by atoms with E-state index in [1.165, 1.54) is 6.20 Å². The van der Waals surface area contributed by atoms with E-state index in [1.807, 2.05) is 13.8 Å². The van der Waals surface area contributed by atoms with E-state index < -0.39 is 11.9 Å². The molecule has 0 aliphatic carbocycles. The molecule has 0 fully saturated rings. The Morgan fingerprint density at radius 3 is 2.38 bits per heavy atom. The number of carboxylic acids is 1. The third kappa shape index (κ3) is 4.32. The molecule has 0 aliphatic heterocycles. The number of carbonyl (C=O) groups excluding carboxylic acids is 1. The van der Waals surface area contributed by atoms with E-state index in [0.717, 1.165) is 0 Å². The molecule has 6 heteroatoms. The van der Waals surface area contributed by atoms with Gasteiger partial charge in [-0.3, -0.25) is 9.59 Å². The normalized spacial score (nSPS) is 11.8. The van der Waals surface area contributed by atoms with Crippen LogP contribution >= 0.6 is 0 Å². The summed E-state index contributed by atoms with van der Waals surface area (Å²) in [4.78, 5) is 27.5. The summed E-state index contributed by atoms with van der Waals surface area (Å²) in [5.74, 6) is -1.46. The van der Waals surface area contributed by atoms with E-state index in [0.29, 0.717) is 17.0 Å². The Morgan fingerprint density at radius 1 is 1.12 bits per heavy atom. The molecule has 1 aromatic carbocycles. The second-order valence-electron chi connectivity index (χ2n) is 5.65. The van der Waals surface area contributed by atoms with E-state index in [1.54, 1.807) is 43.3 Å². The van der Waals surface area contributed by atoms with Gasteiger partial charge in [-0.1, -0.05) is 12.1 Å². The van der Waals surface area contributed by atoms with Gasteiger partial charge in [0.15, 0.2) is 11.4 Å². The van der Waals surface area contributed by atoms with Gasteiger partial charge < -0.3 is 15.2 Å². The highest BCUT2D eigenvalue weighted by Gasteiger charge is 2.16. The van der Waals surface area contributed by atoms with Crippen LogP contribution in [0.4, 0.5) is 5.69 Å². The number of pyridine rings is 1. The zero-order valence-electron chi connectivity index (χ0n) is 13.8. The number of ether oxygens (including phenoxy) is 1. The van der Waals surface area contributed by atoms with Crippen molar-refractivity contribution < 1.29 is 19.4 Å². The Kier molecular flexibility index (Phi) is 5.52. The maximum absolute atomic E-state index is 12.4. The highest BCUT2D eigenvalue weighted by Crippen LogP contribution is 2.21. The molecule has 1 atom stereocenters. The number of aromatic nitrogens is 1. The van der Waals surface area contributed by atoms with Crippen LogP contribution in [0.25, 0.3) is 0 Å². The predicted molar refractivity (Wildman–Crippen MR) is 90.4 cm³/mol.